The molecule has 4 aliphatic rings. The number of carboxylic acids is 1. The zero-order valence-corrected chi connectivity index (χ0v) is 23.5. The number of hydrogen-bond donors (Lipinski definition) is 4. The summed E-state index contributed by atoms with van der Waals surface area (Å²) in [6.45, 7) is 12.4. The molecule has 1 unspecified atom stereocenters. The van der Waals surface area contributed by atoms with Gasteiger partial charge in [0.1, 0.15) is 11.9 Å². The smallest absolute Gasteiger partial charge is 0.331 e. The SMILES string of the molecule is C/C(=C\[C@@H](O)C[C@@H](C)[C@H]1CC(=O)[C@@]2(C)C3=C(C(=O)[C@@H](O)[C@]12C)[C@@]1(C)CC[C@H](O)C(C)(C)C1CC3=O)C(=O)O. The van der Waals surface area contributed by atoms with Crippen molar-refractivity contribution in [2.24, 2.45) is 39.4 Å². The third-order valence-corrected chi connectivity index (χ3v) is 11.4. The minimum absolute atomic E-state index is 0.00190. The highest BCUT2D eigenvalue weighted by Gasteiger charge is 2.73. The Morgan fingerprint density at radius 2 is 1.66 bits per heavy atom. The minimum Gasteiger partial charge on any atom is -0.478 e. The molecule has 0 aromatic rings. The fraction of sp³-hybridized carbons (Fsp3) is 0.733. The van der Waals surface area contributed by atoms with Crippen molar-refractivity contribution in [3.05, 3.63) is 22.8 Å². The maximum atomic E-state index is 14.1. The number of ketones is 3. The van der Waals surface area contributed by atoms with Gasteiger partial charge in [0.25, 0.3) is 0 Å². The van der Waals surface area contributed by atoms with Gasteiger partial charge in [0.15, 0.2) is 11.6 Å². The topological polar surface area (TPSA) is 149 Å². The first-order chi connectivity index (χ1) is 17.4. The van der Waals surface area contributed by atoms with Gasteiger partial charge in [-0.15, -0.1) is 0 Å². The summed E-state index contributed by atoms with van der Waals surface area (Å²) in [6, 6.07) is 0. The van der Waals surface area contributed by atoms with Gasteiger partial charge in [-0.1, -0.05) is 34.6 Å². The van der Waals surface area contributed by atoms with Gasteiger partial charge < -0.3 is 20.4 Å². The lowest BCUT2D eigenvalue weighted by atomic mass is 9.42. The molecule has 0 heterocycles. The molecule has 2 fully saturated rings. The van der Waals surface area contributed by atoms with Crippen LogP contribution in [0.25, 0.3) is 0 Å². The molecule has 8 nitrogen and oxygen atoms in total. The fourth-order valence-electron chi connectivity index (χ4n) is 8.82. The van der Waals surface area contributed by atoms with Crippen LogP contribution in [0.3, 0.4) is 0 Å². The Balaban J connectivity index is 1.82. The molecule has 9 atom stereocenters. The largest absolute Gasteiger partial charge is 0.478 e. The lowest BCUT2D eigenvalue weighted by Gasteiger charge is -2.60. The van der Waals surface area contributed by atoms with Crippen LogP contribution in [0.2, 0.25) is 0 Å². The second-order valence-corrected chi connectivity index (χ2v) is 13.6. The number of rotatable bonds is 5. The molecule has 210 valence electrons. The van der Waals surface area contributed by atoms with E-state index in [1.54, 1.807) is 13.8 Å². The second kappa shape index (κ2) is 8.93. The van der Waals surface area contributed by atoms with Crippen molar-refractivity contribution in [2.75, 3.05) is 0 Å². The number of carbonyl (C=O) groups is 4. The molecule has 38 heavy (non-hydrogen) atoms. The van der Waals surface area contributed by atoms with E-state index in [2.05, 4.69) is 0 Å². The Morgan fingerprint density at radius 1 is 1.05 bits per heavy atom. The van der Waals surface area contributed by atoms with Gasteiger partial charge in [-0.3, -0.25) is 14.4 Å². The summed E-state index contributed by atoms with van der Waals surface area (Å²) in [7, 11) is 0. The number of aliphatic hydroxyl groups is 3. The van der Waals surface area contributed by atoms with Gasteiger partial charge in [-0.25, -0.2) is 4.79 Å². The third kappa shape index (κ3) is 3.59. The number of aliphatic hydroxyl groups excluding tert-OH is 3. The maximum Gasteiger partial charge on any atom is 0.331 e. The van der Waals surface area contributed by atoms with Crippen LogP contribution in [-0.4, -0.2) is 62.1 Å². The molecule has 2 saturated carbocycles. The predicted molar refractivity (Wildman–Crippen MR) is 139 cm³/mol. The molecular formula is C30H42O8. The van der Waals surface area contributed by atoms with E-state index in [0.29, 0.717) is 12.8 Å². The summed E-state index contributed by atoms with van der Waals surface area (Å²) >= 11 is 0. The van der Waals surface area contributed by atoms with E-state index < -0.39 is 57.6 Å². The van der Waals surface area contributed by atoms with Gasteiger partial charge in [-0.05, 0) is 62.4 Å². The Hall–Kier alpha value is -2.16. The molecule has 4 N–H and O–H groups in total. The van der Waals surface area contributed by atoms with E-state index >= 15 is 0 Å². The first-order valence-electron chi connectivity index (χ1n) is 13.7. The van der Waals surface area contributed by atoms with E-state index in [0.717, 1.165) is 0 Å². The van der Waals surface area contributed by atoms with E-state index in [-0.39, 0.29) is 59.4 Å². The highest BCUT2D eigenvalue weighted by molar-refractivity contribution is 6.17. The number of aliphatic carboxylic acids is 1. The summed E-state index contributed by atoms with van der Waals surface area (Å²) < 4.78 is 0. The molecule has 0 bridgehead atoms. The number of fused-ring (bicyclic) bond motifs is 4. The van der Waals surface area contributed by atoms with Gasteiger partial charge in [-0.2, -0.15) is 0 Å². The zero-order valence-electron chi connectivity index (χ0n) is 23.5. The average Bonchev–Trinajstić information content (AvgIpc) is 3.03. The van der Waals surface area contributed by atoms with Crippen LogP contribution in [0.15, 0.2) is 22.8 Å². The van der Waals surface area contributed by atoms with E-state index in [1.165, 1.54) is 13.0 Å². The number of allylic oxidation sites excluding steroid dienone is 1. The van der Waals surface area contributed by atoms with E-state index in [9.17, 15) is 34.5 Å². The number of hydrogen-bond acceptors (Lipinski definition) is 7. The summed E-state index contributed by atoms with van der Waals surface area (Å²) in [5, 5.41) is 42.2. The summed E-state index contributed by atoms with van der Waals surface area (Å²) in [5.74, 6) is -3.28. The fourth-order valence-corrected chi connectivity index (χ4v) is 8.82. The van der Waals surface area contributed by atoms with Crippen LogP contribution in [0, 0.1) is 39.4 Å². The molecule has 4 rings (SSSR count). The first-order valence-corrected chi connectivity index (χ1v) is 13.7. The molecule has 0 amide bonds. The van der Waals surface area contributed by atoms with Crippen LogP contribution < -0.4 is 0 Å². The molecule has 0 spiro atoms. The second-order valence-electron chi connectivity index (χ2n) is 13.6. The molecule has 4 aliphatic carbocycles. The van der Waals surface area contributed by atoms with Gasteiger partial charge in [0.05, 0.1) is 17.6 Å². The standard InChI is InChI=1S/C30H42O8/c1-14(10-16(31)11-15(2)26(37)38)17-12-21(34)30(7)22-18(32)13-19-27(3,4)20(33)8-9-28(19,5)23(22)24(35)25(36)29(17,30)6/h11,14,16-17,19-20,25,31,33,36H,8-10,12-13H2,1-7H3,(H,37,38)/b15-11+/t14-,16+,17-,19?,20+,25-,28+,29+,30+/m1/s1. The van der Waals surface area contributed by atoms with Crippen LogP contribution >= 0.6 is 0 Å². The average molecular weight is 531 g/mol. The number of carbonyl (C=O) groups excluding carboxylic acids is 3. The van der Waals surface area contributed by atoms with Crippen molar-refractivity contribution in [3.8, 4) is 0 Å². The Morgan fingerprint density at radius 3 is 2.24 bits per heavy atom. The van der Waals surface area contributed by atoms with Crippen molar-refractivity contribution in [1.82, 2.24) is 0 Å². The molecule has 0 aromatic carbocycles. The highest BCUT2D eigenvalue weighted by atomic mass is 16.4. The van der Waals surface area contributed by atoms with E-state index in [1.807, 2.05) is 27.7 Å². The minimum atomic E-state index is -1.52. The van der Waals surface area contributed by atoms with Crippen LogP contribution in [0.4, 0.5) is 0 Å². The van der Waals surface area contributed by atoms with Crippen LogP contribution in [-0.2, 0) is 19.2 Å². The number of Topliss-reactive ketones (excluding diaryl/α,β-unsaturated/α-hetero) is 3. The van der Waals surface area contributed by atoms with Crippen molar-refractivity contribution in [2.45, 2.75) is 98.9 Å². The first kappa shape index (κ1) is 28.8. The Kier molecular flexibility index (Phi) is 6.78. The number of carboxylic acid groups (broad SMARTS) is 1. The van der Waals surface area contributed by atoms with Crippen molar-refractivity contribution < 1.29 is 39.6 Å². The third-order valence-electron chi connectivity index (χ3n) is 11.4. The molecule has 8 heteroatoms. The lowest BCUT2D eigenvalue weighted by molar-refractivity contribution is -0.159. The highest BCUT2D eigenvalue weighted by Crippen LogP contribution is 2.70. The van der Waals surface area contributed by atoms with Crippen molar-refractivity contribution in [3.63, 3.8) is 0 Å². The normalized spacial score (nSPS) is 42.4. The van der Waals surface area contributed by atoms with Crippen LogP contribution in [0.5, 0.6) is 0 Å². The summed E-state index contributed by atoms with van der Waals surface area (Å²) in [6.07, 6.45) is -0.718. The quantitative estimate of drug-likeness (QED) is 0.396. The molecule has 0 aromatic heterocycles. The molecule has 0 radical (unpaired) electrons. The maximum absolute atomic E-state index is 14.1. The van der Waals surface area contributed by atoms with Crippen LogP contribution in [0.1, 0.15) is 80.6 Å². The van der Waals surface area contributed by atoms with Gasteiger partial charge in [0.2, 0.25) is 0 Å². The lowest BCUT2D eigenvalue weighted by Crippen LogP contribution is -2.64. The van der Waals surface area contributed by atoms with Crippen molar-refractivity contribution in [1.29, 1.82) is 0 Å². The summed E-state index contributed by atoms with van der Waals surface area (Å²) in [4.78, 5) is 53.1. The molecule has 0 saturated heterocycles. The monoisotopic (exact) mass is 530 g/mol. The van der Waals surface area contributed by atoms with E-state index in [4.69, 9.17) is 5.11 Å². The zero-order chi connectivity index (χ0) is 28.7. The Bertz CT molecular complexity index is 1160. The van der Waals surface area contributed by atoms with Gasteiger partial charge >= 0.3 is 5.97 Å². The molecule has 0 aliphatic heterocycles. The molecular weight excluding hydrogens is 488 g/mol. The Labute approximate surface area is 224 Å². The van der Waals surface area contributed by atoms with Gasteiger partial charge in [0, 0.05) is 40.4 Å². The summed E-state index contributed by atoms with van der Waals surface area (Å²) in [5.41, 5.74) is -3.51. The van der Waals surface area contributed by atoms with Crippen molar-refractivity contribution >= 4 is 23.3 Å². The predicted octanol–water partition coefficient (Wildman–Crippen LogP) is 3.02.